The number of likely N-dealkylation sites (N-methyl/N-ethyl adjacent to an activating group) is 1. The Bertz CT molecular complexity index is 697. The van der Waals surface area contributed by atoms with Gasteiger partial charge in [-0.15, -0.1) is 0 Å². The van der Waals surface area contributed by atoms with Gasteiger partial charge >= 0.3 is 0 Å². The maximum absolute atomic E-state index is 12.9. The molecule has 3 rings (SSSR count). The molecule has 150 valence electrons. The van der Waals surface area contributed by atoms with E-state index in [1.807, 2.05) is 4.90 Å². The highest BCUT2D eigenvalue weighted by Gasteiger charge is 2.36. The first-order valence-corrected chi connectivity index (χ1v) is 9.92. The van der Waals surface area contributed by atoms with Crippen LogP contribution in [0.2, 0.25) is 0 Å². The molecule has 0 saturated carbocycles. The topological polar surface area (TPSA) is 77.2 Å². The van der Waals surface area contributed by atoms with E-state index in [0.717, 1.165) is 45.4 Å². The van der Waals surface area contributed by atoms with Crippen molar-refractivity contribution >= 4 is 5.91 Å². The number of piperazine rings is 1. The quantitative estimate of drug-likeness (QED) is 0.818. The lowest BCUT2D eigenvalue weighted by Gasteiger charge is -2.46. The van der Waals surface area contributed by atoms with Crippen molar-refractivity contribution in [2.45, 2.75) is 32.2 Å². The van der Waals surface area contributed by atoms with Crippen molar-refractivity contribution in [1.82, 2.24) is 14.7 Å². The van der Waals surface area contributed by atoms with Gasteiger partial charge in [-0.3, -0.25) is 14.5 Å². The van der Waals surface area contributed by atoms with Crippen molar-refractivity contribution in [2.24, 2.45) is 5.92 Å². The monoisotopic (exact) mass is 377 g/mol. The van der Waals surface area contributed by atoms with Crippen LogP contribution >= 0.6 is 0 Å². The number of likely N-dealkylation sites (tertiary alicyclic amines) is 1. The largest absolute Gasteiger partial charge is 0.456 e. The number of carbonyl (C=O) groups excluding carboxylic acids is 1. The zero-order chi connectivity index (χ0) is 19.4. The van der Waals surface area contributed by atoms with E-state index in [0.29, 0.717) is 30.8 Å². The first kappa shape index (κ1) is 20.0. The van der Waals surface area contributed by atoms with E-state index >= 15 is 0 Å². The molecule has 0 aliphatic carbocycles. The number of aliphatic hydroxyl groups is 1. The first-order chi connectivity index (χ1) is 13.0. The van der Waals surface area contributed by atoms with Crippen molar-refractivity contribution < 1.29 is 14.3 Å². The number of aliphatic hydroxyl groups excluding tert-OH is 1. The standard InChI is InChI=1S/C20H31N3O4/c1-15-12-17(25)13-19(27-15)20(26)23-6-5-18(16(14-23)4-3-11-24)22-9-7-21(2)8-10-22/h12-13,16,18,24H,3-11,14H2,1-2H3/t16-,18+/m0/s1. The normalized spacial score (nSPS) is 24.9. The average molecular weight is 377 g/mol. The molecule has 2 atom stereocenters. The highest BCUT2D eigenvalue weighted by atomic mass is 16.3. The Morgan fingerprint density at radius 3 is 2.63 bits per heavy atom. The van der Waals surface area contributed by atoms with Crippen molar-refractivity contribution in [2.75, 3.05) is 52.9 Å². The van der Waals surface area contributed by atoms with E-state index in [9.17, 15) is 14.7 Å². The molecule has 2 saturated heterocycles. The lowest BCUT2D eigenvalue weighted by Crippen LogP contribution is -2.57. The van der Waals surface area contributed by atoms with Gasteiger partial charge in [0, 0.05) is 64.0 Å². The number of amides is 1. The highest BCUT2D eigenvalue weighted by Crippen LogP contribution is 2.28. The van der Waals surface area contributed by atoms with Gasteiger partial charge in [0.15, 0.2) is 11.2 Å². The van der Waals surface area contributed by atoms with Crippen LogP contribution in [0.25, 0.3) is 0 Å². The maximum atomic E-state index is 12.9. The zero-order valence-corrected chi connectivity index (χ0v) is 16.4. The SMILES string of the molecule is Cc1cc(=O)cc(C(=O)N2CC[C@@H](N3CCN(C)CC3)[C@@H](CCCO)C2)o1. The molecule has 0 spiro atoms. The second kappa shape index (κ2) is 8.99. The van der Waals surface area contributed by atoms with Gasteiger partial charge in [0.2, 0.25) is 0 Å². The molecule has 3 heterocycles. The van der Waals surface area contributed by atoms with Gasteiger partial charge in [0.05, 0.1) is 0 Å². The smallest absolute Gasteiger partial charge is 0.289 e. The van der Waals surface area contributed by atoms with E-state index in [-0.39, 0.29) is 23.7 Å². The Hall–Kier alpha value is -1.70. The second-order valence-electron chi connectivity index (χ2n) is 7.84. The molecule has 2 aliphatic rings. The molecular weight excluding hydrogens is 346 g/mol. The fraction of sp³-hybridized carbons (Fsp3) is 0.700. The van der Waals surface area contributed by atoms with Crippen LogP contribution in [0.1, 0.15) is 35.6 Å². The van der Waals surface area contributed by atoms with E-state index in [4.69, 9.17) is 4.42 Å². The minimum atomic E-state index is -0.207. The van der Waals surface area contributed by atoms with Crippen LogP contribution in [0.5, 0.6) is 0 Å². The lowest BCUT2D eigenvalue weighted by molar-refractivity contribution is 0.0203. The number of piperidine rings is 1. The van der Waals surface area contributed by atoms with E-state index in [1.165, 1.54) is 12.1 Å². The highest BCUT2D eigenvalue weighted by molar-refractivity contribution is 5.91. The minimum absolute atomic E-state index is 0.124. The van der Waals surface area contributed by atoms with Crippen LogP contribution in [-0.4, -0.2) is 84.7 Å². The molecule has 27 heavy (non-hydrogen) atoms. The van der Waals surface area contributed by atoms with Crippen LogP contribution in [0.4, 0.5) is 0 Å². The second-order valence-corrected chi connectivity index (χ2v) is 7.84. The number of rotatable bonds is 5. The third-order valence-corrected chi connectivity index (χ3v) is 5.82. The summed E-state index contributed by atoms with van der Waals surface area (Å²) < 4.78 is 5.50. The van der Waals surface area contributed by atoms with Gasteiger partial charge in [-0.25, -0.2) is 0 Å². The van der Waals surface area contributed by atoms with Gasteiger partial charge in [0.25, 0.3) is 5.91 Å². The fourth-order valence-corrected chi connectivity index (χ4v) is 4.34. The Morgan fingerprint density at radius 2 is 1.96 bits per heavy atom. The van der Waals surface area contributed by atoms with Crippen LogP contribution in [0.3, 0.4) is 0 Å². The van der Waals surface area contributed by atoms with Gasteiger partial charge < -0.3 is 19.3 Å². The van der Waals surface area contributed by atoms with Crippen molar-refractivity contribution in [1.29, 1.82) is 0 Å². The summed E-state index contributed by atoms with van der Waals surface area (Å²) in [5, 5.41) is 9.29. The average Bonchev–Trinajstić information content (AvgIpc) is 2.65. The first-order valence-electron chi connectivity index (χ1n) is 9.92. The van der Waals surface area contributed by atoms with Crippen LogP contribution in [0, 0.1) is 12.8 Å². The lowest BCUT2D eigenvalue weighted by atomic mass is 9.86. The molecule has 0 radical (unpaired) electrons. The molecule has 7 heteroatoms. The molecular formula is C20H31N3O4. The van der Waals surface area contributed by atoms with Crippen LogP contribution in [-0.2, 0) is 0 Å². The molecule has 0 aromatic carbocycles. The Morgan fingerprint density at radius 1 is 1.22 bits per heavy atom. The summed E-state index contributed by atoms with van der Waals surface area (Å²) in [5.74, 6) is 0.699. The molecule has 0 bridgehead atoms. The molecule has 1 amide bonds. The summed E-state index contributed by atoms with van der Waals surface area (Å²) in [4.78, 5) is 31.3. The third-order valence-electron chi connectivity index (χ3n) is 5.82. The maximum Gasteiger partial charge on any atom is 0.289 e. The fourth-order valence-electron chi connectivity index (χ4n) is 4.34. The molecule has 1 N–H and O–H groups in total. The zero-order valence-electron chi connectivity index (χ0n) is 16.4. The molecule has 2 fully saturated rings. The molecule has 7 nitrogen and oxygen atoms in total. The predicted molar refractivity (Wildman–Crippen MR) is 103 cm³/mol. The van der Waals surface area contributed by atoms with Crippen LogP contribution < -0.4 is 5.43 Å². The van der Waals surface area contributed by atoms with E-state index < -0.39 is 0 Å². The van der Waals surface area contributed by atoms with Crippen LogP contribution in [0.15, 0.2) is 21.3 Å². The number of nitrogens with zero attached hydrogens (tertiary/aromatic N) is 3. The summed E-state index contributed by atoms with van der Waals surface area (Å²) in [6, 6.07) is 3.12. The summed E-state index contributed by atoms with van der Waals surface area (Å²) in [5.41, 5.74) is -0.203. The van der Waals surface area contributed by atoms with Gasteiger partial charge in [-0.05, 0) is 39.2 Å². The summed E-state index contributed by atoms with van der Waals surface area (Å²) in [7, 11) is 2.15. The molecule has 2 aliphatic heterocycles. The van der Waals surface area contributed by atoms with Gasteiger partial charge in [-0.1, -0.05) is 0 Å². The molecule has 1 aromatic rings. The van der Waals surface area contributed by atoms with Gasteiger partial charge in [-0.2, -0.15) is 0 Å². The Kier molecular flexibility index (Phi) is 6.68. The Balaban J connectivity index is 1.71. The van der Waals surface area contributed by atoms with Crippen molar-refractivity contribution in [3.05, 3.63) is 33.9 Å². The predicted octanol–water partition coefficient (Wildman–Crippen LogP) is 0.799. The number of carbonyl (C=O) groups is 1. The summed E-state index contributed by atoms with van der Waals surface area (Å²) >= 11 is 0. The number of aryl methyl sites for hydroxylation is 1. The van der Waals surface area contributed by atoms with E-state index in [2.05, 4.69) is 16.8 Å². The summed E-state index contributed by atoms with van der Waals surface area (Å²) in [6.07, 6.45) is 2.56. The minimum Gasteiger partial charge on any atom is -0.456 e. The molecule has 0 unspecified atom stereocenters. The van der Waals surface area contributed by atoms with Crippen molar-refractivity contribution in [3.8, 4) is 0 Å². The molecule has 1 aromatic heterocycles. The summed E-state index contributed by atoms with van der Waals surface area (Å²) in [6.45, 7) is 7.42. The third kappa shape index (κ3) is 4.97. The van der Waals surface area contributed by atoms with E-state index in [1.54, 1.807) is 6.92 Å². The number of hydrogen-bond acceptors (Lipinski definition) is 6. The van der Waals surface area contributed by atoms with Gasteiger partial charge in [0.1, 0.15) is 5.76 Å². The van der Waals surface area contributed by atoms with Crippen molar-refractivity contribution in [3.63, 3.8) is 0 Å². The Labute approximate surface area is 160 Å². The number of hydrogen-bond donors (Lipinski definition) is 1.